The first kappa shape index (κ1) is 16.2. The van der Waals surface area contributed by atoms with Crippen LogP contribution in [0.2, 0.25) is 0 Å². The number of halogens is 1. The number of hydrogen-bond acceptors (Lipinski definition) is 3. The molecular formula is C15H19FN2OS2. The van der Waals surface area contributed by atoms with E-state index in [4.69, 9.17) is 12.2 Å². The second-order valence-corrected chi connectivity index (χ2v) is 6.70. The Hall–Kier alpha value is -1.14. The van der Waals surface area contributed by atoms with Crippen LogP contribution in [0.5, 0.6) is 0 Å². The molecule has 1 aliphatic rings. The predicted molar refractivity (Wildman–Crippen MR) is 88.7 cm³/mol. The number of thiocarbonyl (C=S) groups is 1. The minimum atomic E-state index is -0.280. The van der Waals surface area contributed by atoms with Crippen LogP contribution in [0.1, 0.15) is 18.4 Å². The Labute approximate surface area is 134 Å². The molecule has 0 atom stereocenters. The molecule has 0 aromatic heterocycles. The number of hydrogen-bond donors (Lipinski definition) is 0. The molecule has 114 valence electrons. The lowest BCUT2D eigenvalue weighted by Gasteiger charge is -2.20. The standard InChI is InChI=1S/C15H19FN2OS2/c1-17(10-12-6-2-3-7-13(12)16)14(19)11-21-15(20)18-8-4-5-9-18/h2-3,6-7H,4-5,8-11H2,1H3. The van der Waals surface area contributed by atoms with Crippen molar-refractivity contribution in [1.82, 2.24) is 9.80 Å². The van der Waals surface area contributed by atoms with Crippen molar-refractivity contribution in [2.24, 2.45) is 0 Å². The molecule has 21 heavy (non-hydrogen) atoms. The fourth-order valence-electron chi connectivity index (χ4n) is 2.19. The molecule has 1 saturated heterocycles. The molecule has 2 rings (SSSR count). The minimum absolute atomic E-state index is 0.0372. The zero-order valence-electron chi connectivity index (χ0n) is 12.0. The van der Waals surface area contributed by atoms with Gasteiger partial charge in [0.2, 0.25) is 5.91 Å². The minimum Gasteiger partial charge on any atom is -0.358 e. The molecule has 0 unspecified atom stereocenters. The van der Waals surface area contributed by atoms with Crippen LogP contribution >= 0.6 is 24.0 Å². The summed E-state index contributed by atoms with van der Waals surface area (Å²) >= 11 is 6.72. The molecule has 1 fully saturated rings. The van der Waals surface area contributed by atoms with Gasteiger partial charge in [-0.05, 0) is 18.9 Å². The highest BCUT2D eigenvalue weighted by molar-refractivity contribution is 8.23. The highest BCUT2D eigenvalue weighted by Gasteiger charge is 2.17. The van der Waals surface area contributed by atoms with Gasteiger partial charge in [0.15, 0.2) is 0 Å². The van der Waals surface area contributed by atoms with E-state index in [-0.39, 0.29) is 18.3 Å². The molecule has 0 radical (unpaired) electrons. The second-order valence-electron chi connectivity index (χ2n) is 5.09. The average molecular weight is 326 g/mol. The number of carbonyl (C=O) groups excluding carboxylic acids is 1. The Balaban J connectivity index is 1.80. The van der Waals surface area contributed by atoms with E-state index in [1.807, 2.05) is 0 Å². The molecule has 0 aliphatic carbocycles. The first-order valence-corrected chi connectivity index (χ1v) is 8.36. The summed E-state index contributed by atoms with van der Waals surface area (Å²) in [6, 6.07) is 6.52. The van der Waals surface area contributed by atoms with E-state index in [2.05, 4.69) is 4.90 Å². The van der Waals surface area contributed by atoms with E-state index in [1.165, 1.54) is 35.6 Å². The highest BCUT2D eigenvalue weighted by atomic mass is 32.2. The molecule has 1 amide bonds. The SMILES string of the molecule is CN(Cc1ccccc1F)C(=O)CSC(=S)N1CCCC1. The largest absolute Gasteiger partial charge is 0.358 e. The first-order chi connectivity index (χ1) is 10.1. The Morgan fingerprint density at radius 3 is 2.71 bits per heavy atom. The molecule has 1 aromatic carbocycles. The van der Waals surface area contributed by atoms with Gasteiger partial charge in [0.25, 0.3) is 0 Å². The van der Waals surface area contributed by atoms with Crippen LogP contribution < -0.4 is 0 Å². The van der Waals surface area contributed by atoms with Crippen molar-refractivity contribution < 1.29 is 9.18 Å². The van der Waals surface area contributed by atoms with Gasteiger partial charge in [0.1, 0.15) is 10.1 Å². The van der Waals surface area contributed by atoms with E-state index in [9.17, 15) is 9.18 Å². The van der Waals surface area contributed by atoms with Gasteiger partial charge in [-0.1, -0.05) is 42.2 Å². The van der Waals surface area contributed by atoms with Crippen molar-refractivity contribution >= 4 is 34.2 Å². The van der Waals surface area contributed by atoms with Gasteiger partial charge in [-0.15, -0.1) is 0 Å². The van der Waals surface area contributed by atoms with Crippen LogP contribution in [0.3, 0.4) is 0 Å². The Bertz CT molecular complexity index is 518. The number of amides is 1. The van der Waals surface area contributed by atoms with E-state index >= 15 is 0 Å². The summed E-state index contributed by atoms with van der Waals surface area (Å²) in [5, 5.41) is 0. The summed E-state index contributed by atoms with van der Waals surface area (Å²) in [7, 11) is 1.69. The molecule has 0 N–H and O–H groups in total. The normalized spacial score (nSPS) is 14.3. The maximum absolute atomic E-state index is 13.6. The summed E-state index contributed by atoms with van der Waals surface area (Å²) < 4.78 is 14.4. The second kappa shape index (κ2) is 7.75. The topological polar surface area (TPSA) is 23.6 Å². The number of thioether (sulfide) groups is 1. The zero-order chi connectivity index (χ0) is 15.2. The molecule has 1 aliphatic heterocycles. The van der Waals surface area contributed by atoms with Crippen LogP contribution in [0.4, 0.5) is 4.39 Å². The fourth-order valence-corrected chi connectivity index (χ4v) is 3.39. The number of carbonyl (C=O) groups is 1. The third-order valence-corrected chi connectivity index (χ3v) is 4.98. The summed E-state index contributed by atoms with van der Waals surface area (Å²) in [5.41, 5.74) is 0.528. The molecule has 1 aromatic rings. The van der Waals surface area contributed by atoms with Gasteiger partial charge in [0, 0.05) is 32.2 Å². The predicted octanol–water partition coefficient (Wildman–Crippen LogP) is 2.90. The number of rotatable bonds is 4. The van der Waals surface area contributed by atoms with Gasteiger partial charge < -0.3 is 9.80 Å². The van der Waals surface area contributed by atoms with Crippen molar-refractivity contribution in [1.29, 1.82) is 0 Å². The summed E-state index contributed by atoms with van der Waals surface area (Å²) in [6.45, 7) is 2.26. The molecule has 0 saturated carbocycles. The number of benzene rings is 1. The lowest BCUT2D eigenvalue weighted by atomic mass is 10.2. The summed E-state index contributed by atoms with van der Waals surface area (Å²) in [5.74, 6) is -0.0116. The first-order valence-electron chi connectivity index (χ1n) is 6.97. The Morgan fingerprint density at radius 2 is 2.05 bits per heavy atom. The number of likely N-dealkylation sites (tertiary alicyclic amines) is 1. The Morgan fingerprint density at radius 1 is 1.38 bits per heavy atom. The summed E-state index contributed by atoms with van der Waals surface area (Å²) in [4.78, 5) is 15.8. The monoisotopic (exact) mass is 326 g/mol. The smallest absolute Gasteiger partial charge is 0.233 e. The zero-order valence-corrected chi connectivity index (χ0v) is 13.7. The maximum atomic E-state index is 13.6. The molecule has 0 bridgehead atoms. The molecule has 1 heterocycles. The van der Waals surface area contributed by atoms with E-state index < -0.39 is 0 Å². The molecule has 3 nitrogen and oxygen atoms in total. The van der Waals surface area contributed by atoms with Crippen LogP contribution in [0.15, 0.2) is 24.3 Å². The van der Waals surface area contributed by atoms with Crippen LogP contribution in [-0.2, 0) is 11.3 Å². The van der Waals surface area contributed by atoms with E-state index in [1.54, 1.807) is 25.2 Å². The quantitative estimate of drug-likeness (QED) is 0.794. The molecule has 6 heteroatoms. The third kappa shape index (κ3) is 4.68. The molecular weight excluding hydrogens is 307 g/mol. The van der Waals surface area contributed by atoms with Crippen molar-refractivity contribution in [2.45, 2.75) is 19.4 Å². The van der Waals surface area contributed by atoms with Gasteiger partial charge in [-0.2, -0.15) is 0 Å². The lowest BCUT2D eigenvalue weighted by molar-refractivity contribution is -0.127. The number of nitrogens with zero attached hydrogens (tertiary/aromatic N) is 2. The van der Waals surface area contributed by atoms with Crippen LogP contribution in [0.25, 0.3) is 0 Å². The van der Waals surface area contributed by atoms with Crippen molar-refractivity contribution in [3.05, 3.63) is 35.6 Å². The van der Waals surface area contributed by atoms with Gasteiger partial charge in [-0.25, -0.2) is 4.39 Å². The maximum Gasteiger partial charge on any atom is 0.233 e. The Kier molecular flexibility index (Phi) is 5.99. The fraction of sp³-hybridized carbons (Fsp3) is 0.467. The van der Waals surface area contributed by atoms with E-state index in [0.717, 1.165) is 17.4 Å². The average Bonchev–Trinajstić information content (AvgIpc) is 3.01. The van der Waals surface area contributed by atoms with Gasteiger partial charge in [0.05, 0.1) is 5.75 Å². The van der Waals surface area contributed by atoms with Gasteiger partial charge in [-0.3, -0.25) is 4.79 Å². The lowest BCUT2D eigenvalue weighted by Crippen LogP contribution is -2.30. The van der Waals surface area contributed by atoms with E-state index in [0.29, 0.717) is 11.3 Å². The van der Waals surface area contributed by atoms with Gasteiger partial charge >= 0.3 is 0 Å². The summed E-state index contributed by atoms with van der Waals surface area (Å²) in [6.07, 6.45) is 2.34. The van der Waals surface area contributed by atoms with Crippen molar-refractivity contribution in [3.63, 3.8) is 0 Å². The van der Waals surface area contributed by atoms with Crippen molar-refractivity contribution in [2.75, 3.05) is 25.9 Å². The van der Waals surface area contributed by atoms with Crippen LogP contribution in [-0.4, -0.2) is 45.9 Å². The third-order valence-electron chi connectivity index (χ3n) is 3.47. The van der Waals surface area contributed by atoms with Crippen LogP contribution in [0, 0.1) is 5.82 Å². The van der Waals surface area contributed by atoms with Crippen molar-refractivity contribution in [3.8, 4) is 0 Å². The highest BCUT2D eigenvalue weighted by Crippen LogP contribution is 2.17. The molecule has 0 spiro atoms.